The van der Waals surface area contributed by atoms with Gasteiger partial charge in [-0.2, -0.15) is 0 Å². The molecule has 0 saturated carbocycles. The second-order valence-electron chi connectivity index (χ2n) is 6.33. The summed E-state index contributed by atoms with van der Waals surface area (Å²) in [6.45, 7) is 9.66. The molecule has 4 heteroatoms. The predicted octanol–water partition coefficient (Wildman–Crippen LogP) is 2.82. The molecular formula is C19H30N2O2. The molecule has 4 nitrogen and oxygen atoms in total. The highest BCUT2D eigenvalue weighted by molar-refractivity contribution is 5.78. The Labute approximate surface area is 140 Å². The van der Waals surface area contributed by atoms with E-state index in [0.29, 0.717) is 6.42 Å². The lowest BCUT2D eigenvalue weighted by Crippen LogP contribution is -2.42. The third kappa shape index (κ3) is 5.24. The van der Waals surface area contributed by atoms with Gasteiger partial charge in [-0.05, 0) is 49.5 Å². The van der Waals surface area contributed by atoms with E-state index in [2.05, 4.69) is 18.7 Å². The lowest BCUT2D eigenvalue weighted by Gasteiger charge is -2.34. The first-order valence-corrected chi connectivity index (χ1v) is 8.79. The topological polar surface area (TPSA) is 32.8 Å². The zero-order chi connectivity index (χ0) is 16.7. The smallest absolute Gasteiger partial charge is 0.226 e. The van der Waals surface area contributed by atoms with Crippen LogP contribution >= 0.6 is 0 Å². The number of ether oxygens (including phenoxy) is 1. The Morgan fingerprint density at radius 3 is 2.30 bits per heavy atom. The number of methoxy groups -OCH3 is 1. The summed E-state index contributed by atoms with van der Waals surface area (Å²) in [4.78, 5) is 17.0. The van der Waals surface area contributed by atoms with Crippen LogP contribution in [0.5, 0.6) is 5.75 Å². The maximum atomic E-state index is 12.4. The standard InChI is InChI=1S/C19H30N2O2/c1-4-20(5-2)15-17-10-12-21(13-11-17)19(22)14-16-6-8-18(23-3)9-7-16/h6-9,17H,4-5,10-15H2,1-3H3. The van der Waals surface area contributed by atoms with Crippen LogP contribution in [0, 0.1) is 5.92 Å². The van der Waals surface area contributed by atoms with E-state index in [1.165, 1.54) is 6.54 Å². The number of hydrogen-bond donors (Lipinski definition) is 0. The van der Waals surface area contributed by atoms with Gasteiger partial charge >= 0.3 is 0 Å². The Balaban J connectivity index is 1.78. The molecule has 1 amide bonds. The minimum absolute atomic E-state index is 0.247. The number of hydrogen-bond acceptors (Lipinski definition) is 3. The molecule has 1 heterocycles. The Morgan fingerprint density at radius 1 is 1.17 bits per heavy atom. The van der Waals surface area contributed by atoms with Gasteiger partial charge in [-0.3, -0.25) is 4.79 Å². The number of carbonyl (C=O) groups is 1. The van der Waals surface area contributed by atoms with Gasteiger partial charge in [0.2, 0.25) is 5.91 Å². The monoisotopic (exact) mass is 318 g/mol. The van der Waals surface area contributed by atoms with Gasteiger partial charge in [0.05, 0.1) is 13.5 Å². The highest BCUT2D eigenvalue weighted by atomic mass is 16.5. The first-order valence-electron chi connectivity index (χ1n) is 8.79. The van der Waals surface area contributed by atoms with Crippen LogP contribution in [0.4, 0.5) is 0 Å². The third-order valence-electron chi connectivity index (χ3n) is 4.89. The Kier molecular flexibility index (Phi) is 6.90. The lowest BCUT2D eigenvalue weighted by atomic mass is 9.95. The van der Waals surface area contributed by atoms with Crippen LogP contribution in [0.1, 0.15) is 32.3 Å². The van der Waals surface area contributed by atoms with Crippen molar-refractivity contribution in [3.8, 4) is 5.75 Å². The summed E-state index contributed by atoms with van der Waals surface area (Å²) >= 11 is 0. The zero-order valence-electron chi connectivity index (χ0n) is 14.8. The first-order chi connectivity index (χ1) is 11.2. The van der Waals surface area contributed by atoms with Gasteiger partial charge < -0.3 is 14.5 Å². The van der Waals surface area contributed by atoms with Crippen LogP contribution in [0.3, 0.4) is 0 Å². The average Bonchev–Trinajstić information content (AvgIpc) is 2.60. The molecule has 1 aliphatic heterocycles. The molecule has 1 aromatic rings. The van der Waals surface area contributed by atoms with Crippen molar-refractivity contribution in [2.45, 2.75) is 33.1 Å². The van der Waals surface area contributed by atoms with E-state index in [9.17, 15) is 4.79 Å². The van der Waals surface area contributed by atoms with Gasteiger partial charge in [0.25, 0.3) is 0 Å². The van der Waals surface area contributed by atoms with Crippen LogP contribution in [-0.4, -0.2) is 55.5 Å². The number of rotatable bonds is 7. The van der Waals surface area contributed by atoms with Crippen LogP contribution < -0.4 is 4.74 Å². The fraction of sp³-hybridized carbons (Fsp3) is 0.632. The minimum Gasteiger partial charge on any atom is -0.497 e. The summed E-state index contributed by atoms with van der Waals surface area (Å²) in [5.41, 5.74) is 1.06. The predicted molar refractivity (Wildman–Crippen MR) is 93.8 cm³/mol. The normalized spacial score (nSPS) is 15.9. The van der Waals surface area contributed by atoms with Crippen LogP contribution in [0.15, 0.2) is 24.3 Å². The molecule has 1 aromatic carbocycles. The van der Waals surface area contributed by atoms with Gasteiger partial charge in [0.15, 0.2) is 0 Å². The molecule has 0 aromatic heterocycles. The number of carbonyl (C=O) groups excluding carboxylic acids is 1. The lowest BCUT2D eigenvalue weighted by molar-refractivity contribution is -0.131. The molecule has 128 valence electrons. The summed E-state index contributed by atoms with van der Waals surface area (Å²) in [5.74, 6) is 1.81. The Hall–Kier alpha value is -1.55. The quantitative estimate of drug-likeness (QED) is 0.775. The summed E-state index contributed by atoms with van der Waals surface area (Å²) < 4.78 is 5.15. The van der Waals surface area contributed by atoms with Crippen molar-refractivity contribution in [2.24, 2.45) is 5.92 Å². The van der Waals surface area contributed by atoms with Gasteiger partial charge in [0.1, 0.15) is 5.75 Å². The molecule has 23 heavy (non-hydrogen) atoms. The fourth-order valence-electron chi connectivity index (χ4n) is 3.24. The highest BCUT2D eigenvalue weighted by Gasteiger charge is 2.23. The van der Waals surface area contributed by atoms with Crippen molar-refractivity contribution in [3.63, 3.8) is 0 Å². The summed E-state index contributed by atoms with van der Waals surface area (Å²) in [6, 6.07) is 7.78. The van der Waals surface area contributed by atoms with Crippen LogP contribution in [-0.2, 0) is 11.2 Å². The van der Waals surface area contributed by atoms with Gasteiger partial charge in [-0.1, -0.05) is 26.0 Å². The zero-order valence-corrected chi connectivity index (χ0v) is 14.8. The Morgan fingerprint density at radius 2 is 1.78 bits per heavy atom. The van der Waals surface area contributed by atoms with E-state index >= 15 is 0 Å². The number of benzene rings is 1. The van der Waals surface area contributed by atoms with Crippen molar-refractivity contribution < 1.29 is 9.53 Å². The maximum Gasteiger partial charge on any atom is 0.226 e. The van der Waals surface area contributed by atoms with E-state index in [1.807, 2.05) is 29.2 Å². The molecule has 1 fully saturated rings. The van der Waals surface area contributed by atoms with Gasteiger partial charge in [-0.25, -0.2) is 0 Å². The Bertz CT molecular complexity index is 475. The van der Waals surface area contributed by atoms with Gasteiger partial charge in [0, 0.05) is 19.6 Å². The summed E-state index contributed by atoms with van der Waals surface area (Å²) in [5, 5.41) is 0. The molecule has 0 atom stereocenters. The van der Waals surface area contributed by atoms with Crippen molar-refractivity contribution in [1.82, 2.24) is 9.80 Å². The largest absolute Gasteiger partial charge is 0.497 e. The minimum atomic E-state index is 0.247. The van der Waals surface area contributed by atoms with Gasteiger partial charge in [-0.15, -0.1) is 0 Å². The van der Waals surface area contributed by atoms with Crippen molar-refractivity contribution in [1.29, 1.82) is 0 Å². The van der Waals surface area contributed by atoms with E-state index in [1.54, 1.807) is 7.11 Å². The van der Waals surface area contributed by atoms with Crippen molar-refractivity contribution >= 4 is 5.91 Å². The number of likely N-dealkylation sites (tertiary alicyclic amines) is 1. The summed E-state index contributed by atoms with van der Waals surface area (Å²) in [6.07, 6.45) is 2.75. The van der Waals surface area contributed by atoms with E-state index < -0.39 is 0 Å². The SMILES string of the molecule is CCN(CC)CC1CCN(C(=O)Cc2ccc(OC)cc2)CC1. The highest BCUT2D eigenvalue weighted by Crippen LogP contribution is 2.20. The molecular weight excluding hydrogens is 288 g/mol. The van der Waals surface area contributed by atoms with E-state index in [-0.39, 0.29) is 5.91 Å². The molecule has 2 rings (SSSR count). The molecule has 0 aliphatic carbocycles. The third-order valence-corrected chi connectivity index (χ3v) is 4.89. The molecule has 0 bridgehead atoms. The molecule has 0 N–H and O–H groups in total. The fourth-order valence-corrected chi connectivity index (χ4v) is 3.24. The van der Waals surface area contributed by atoms with Crippen LogP contribution in [0.25, 0.3) is 0 Å². The van der Waals surface area contributed by atoms with Crippen molar-refractivity contribution in [3.05, 3.63) is 29.8 Å². The molecule has 0 unspecified atom stereocenters. The second kappa shape index (κ2) is 8.92. The first kappa shape index (κ1) is 17.8. The second-order valence-corrected chi connectivity index (χ2v) is 6.33. The molecule has 1 saturated heterocycles. The number of piperidine rings is 1. The van der Waals surface area contributed by atoms with E-state index in [0.717, 1.165) is 56.3 Å². The molecule has 0 spiro atoms. The van der Waals surface area contributed by atoms with Crippen LogP contribution in [0.2, 0.25) is 0 Å². The maximum absolute atomic E-state index is 12.4. The summed E-state index contributed by atoms with van der Waals surface area (Å²) in [7, 11) is 1.66. The molecule has 0 radical (unpaired) electrons. The van der Waals surface area contributed by atoms with Crippen molar-refractivity contribution in [2.75, 3.05) is 39.8 Å². The average molecular weight is 318 g/mol. The van der Waals surface area contributed by atoms with E-state index in [4.69, 9.17) is 4.74 Å². The number of amides is 1. The number of nitrogens with zero attached hydrogens (tertiary/aromatic N) is 2. The molecule has 1 aliphatic rings.